The van der Waals surface area contributed by atoms with Gasteiger partial charge in [-0.1, -0.05) is 0 Å². The third-order valence-corrected chi connectivity index (χ3v) is 7.60. The normalized spacial score (nSPS) is 17.6. The molecule has 0 saturated carbocycles. The Balaban J connectivity index is 1.23. The molecular formula is C24H27N3O5S. The Bertz CT molecular complexity index is 1060. The van der Waals surface area contributed by atoms with Crippen molar-refractivity contribution in [1.29, 1.82) is 0 Å². The van der Waals surface area contributed by atoms with Crippen molar-refractivity contribution < 1.29 is 23.6 Å². The van der Waals surface area contributed by atoms with Gasteiger partial charge in [-0.25, -0.2) is 0 Å². The number of thiophene rings is 1. The van der Waals surface area contributed by atoms with Gasteiger partial charge >= 0.3 is 0 Å². The zero-order chi connectivity index (χ0) is 23.4. The average Bonchev–Trinajstić information content (AvgIpc) is 3.57. The number of hydrogen-bond donors (Lipinski definition) is 1. The van der Waals surface area contributed by atoms with E-state index in [0.29, 0.717) is 41.7 Å². The summed E-state index contributed by atoms with van der Waals surface area (Å²) >= 11 is 1.24. The maximum Gasteiger partial charge on any atom is 0.263 e. The van der Waals surface area contributed by atoms with Crippen molar-refractivity contribution in [2.45, 2.75) is 26.2 Å². The van der Waals surface area contributed by atoms with Gasteiger partial charge in [-0.15, -0.1) is 11.3 Å². The predicted molar refractivity (Wildman–Crippen MR) is 124 cm³/mol. The van der Waals surface area contributed by atoms with Crippen LogP contribution in [0.5, 0.6) is 0 Å². The fraction of sp³-hybridized carbons (Fsp3) is 0.417. The molecule has 174 valence electrons. The summed E-state index contributed by atoms with van der Waals surface area (Å²) in [6, 6.07) is 6.90. The van der Waals surface area contributed by atoms with Gasteiger partial charge in [0.25, 0.3) is 5.91 Å². The van der Waals surface area contributed by atoms with E-state index in [1.807, 2.05) is 9.80 Å². The third-order valence-electron chi connectivity index (χ3n) is 6.42. The fourth-order valence-corrected chi connectivity index (χ4v) is 5.28. The van der Waals surface area contributed by atoms with E-state index in [2.05, 4.69) is 5.32 Å². The number of nitrogens with zero attached hydrogens (tertiary/aromatic N) is 2. The average molecular weight is 470 g/mol. The van der Waals surface area contributed by atoms with Crippen molar-refractivity contribution in [3.05, 3.63) is 52.1 Å². The van der Waals surface area contributed by atoms with Crippen molar-refractivity contribution in [3.8, 4) is 0 Å². The minimum absolute atomic E-state index is 0.0234. The highest BCUT2D eigenvalue weighted by molar-refractivity contribution is 7.15. The first-order chi connectivity index (χ1) is 15.8. The van der Waals surface area contributed by atoms with Gasteiger partial charge in [-0.3, -0.25) is 19.2 Å². The highest BCUT2D eigenvalue weighted by atomic mass is 32.1. The molecule has 0 aliphatic carbocycles. The fourth-order valence-electron chi connectivity index (χ4n) is 4.42. The van der Waals surface area contributed by atoms with Gasteiger partial charge in [-0.05, 0) is 61.9 Å². The Kier molecular flexibility index (Phi) is 6.78. The molecule has 4 rings (SSSR count). The number of hydrogen-bond acceptors (Lipinski definition) is 6. The molecule has 0 aromatic carbocycles. The molecule has 0 bridgehead atoms. The number of piperidine rings is 1. The first kappa shape index (κ1) is 23.0. The first-order valence-electron chi connectivity index (χ1n) is 11.0. The number of carbonyl (C=O) groups excluding carboxylic acids is 4. The summed E-state index contributed by atoms with van der Waals surface area (Å²) in [5.41, 5.74) is 0.0234. The highest BCUT2D eigenvalue weighted by Gasteiger charge is 2.42. The van der Waals surface area contributed by atoms with Crippen molar-refractivity contribution in [2.24, 2.45) is 5.41 Å². The monoisotopic (exact) mass is 469 g/mol. The van der Waals surface area contributed by atoms with E-state index in [-0.39, 0.29) is 35.5 Å². The van der Waals surface area contributed by atoms with Gasteiger partial charge in [0.2, 0.25) is 11.8 Å². The second kappa shape index (κ2) is 9.74. The van der Waals surface area contributed by atoms with Crippen LogP contribution >= 0.6 is 11.3 Å². The lowest BCUT2D eigenvalue weighted by atomic mass is 9.78. The topological polar surface area (TPSA) is 99.9 Å². The number of nitrogens with one attached hydrogen (secondary N) is 1. The van der Waals surface area contributed by atoms with Crippen LogP contribution in [-0.4, -0.2) is 66.0 Å². The zero-order valence-corrected chi connectivity index (χ0v) is 19.4. The molecule has 2 aliphatic rings. The number of carbonyl (C=O) groups is 4. The first-order valence-corrected chi connectivity index (χ1v) is 11.8. The van der Waals surface area contributed by atoms with E-state index in [0.717, 1.165) is 19.3 Å². The van der Waals surface area contributed by atoms with E-state index in [4.69, 9.17) is 4.42 Å². The Morgan fingerprint density at radius 3 is 2.39 bits per heavy atom. The van der Waals surface area contributed by atoms with Crippen LogP contribution in [0.25, 0.3) is 6.08 Å². The van der Waals surface area contributed by atoms with Crippen LogP contribution in [-0.2, 0) is 9.59 Å². The van der Waals surface area contributed by atoms with Crippen LogP contribution in [0.1, 0.15) is 51.3 Å². The molecule has 2 fully saturated rings. The van der Waals surface area contributed by atoms with E-state index in [9.17, 15) is 19.2 Å². The largest absolute Gasteiger partial charge is 0.465 e. The number of rotatable bonds is 6. The molecular weight excluding hydrogens is 442 g/mol. The summed E-state index contributed by atoms with van der Waals surface area (Å²) in [5, 5.41) is 2.63. The van der Waals surface area contributed by atoms with E-state index in [1.54, 1.807) is 30.3 Å². The van der Waals surface area contributed by atoms with Crippen molar-refractivity contribution in [2.75, 3.05) is 32.7 Å². The van der Waals surface area contributed by atoms with E-state index < -0.39 is 0 Å². The predicted octanol–water partition coefficient (Wildman–Crippen LogP) is 2.83. The Hall–Kier alpha value is -3.20. The lowest BCUT2D eigenvalue weighted by Crippen LogP contribution is -2.45. The smallest absolute Gasteiger partial charge is 0.263 e. The molecule has 33 heavy (non-hydrogen) atoms. The van der Waals surface area contributed by atoms with Crippen LogP contribution < -0.4 is 5.32 Å². The van der Waals surface area contributed by atoms with Gasteiger partial charge in [-0.2, -0.15) is 0 Å². The highest BCUT2D eigenvalue weighted by Crippen LogP contribution is 2.40. The van der Waals surface area contributed by atoms with Gasteiger partial charge in [0, 0.05) is 32.3 Å². The minimum Gasteiger partial charge on any atom is -0.465 e. The molecule has 3 amide bonds. The van der Waals surface area contributed by atoms with Gasteiger partial charge in [0.1, 0.15) is 5.76 Å². The molecule has 1 spiro atoms. The minimum atomic E-state index is -0.345. The van der Waals surface area contributed by atoms with E-state index in [1.165, 1.54) is 30.6 Å². The second-order valence-electron chi connectivity index (χ2n) is 8.64. The van der Waals surface area contributed by atoms with Crippen LogP contribution in [0.3, 0.4) is 0 Å². The van der Waals surface area contributed by atoms with Crippen molar-refractivity contribution in [1.82, 2.24) is 15.1 Å². The summed E-state index contributed by atoms with van der Waals surface area (Å²) in [7, 11) is 0. The summed E-state index contributed by atoms with van der Waals surface area (Å²) in [4.78, 5) is 53.7. The summed E-state index contributed by atoms with van der Waals surface area (Å²) in [5.74, 6) is 0.0688. The lowest BCUT2D eigenvalue weighted by molar-refractivity contribution is -0.131. The summed E-state index contributed by atoms with van der Waals surface area (Å²) in [6.07, 6.45) is 7.00. The van der Waals surface area contributed by atoms with Gasteiger partial charge in [0.05, 0.1) is 22.6 Å². The number of furan rings is 1. The molecule has 2 saturated heterocycles. The SMILES string of the molecule is CC(=O)c1ccc(C(=O)N2CCC3(CCN(C(=O)CNC(=O)C=Cc4ccco4)C3)CC2)s1. The lowest BCUT2D eigenvalue weighted by Gasteiger charge is -2.39. The number of amides is 3. The third kappa shape index (κ3) is 5.42. The second-order valence-corrected chi connectivity index (χ2v) is 9.73. The quantitative estimate of drug-likeness (QED) is 0.518. The van der Waals surface area contributed by atoms with Gasteiger partial charge in [0.15, 0.2) is 5.78 Å². The molecule has 2 aromatic heterocycles. The van der Waals surface area contributed by atoms with Crippen LogP contribution in [0.4, 0.5) is 0 Å². The summed E-state index contributed by atoms with van der Waals surface area (Å²) < 4.78 is 5.13. The van der Waals surface area contributed by atoms with Crippen LogP contribution in [0.15, 0.2) is 41.0 Å². The van der Waals surface area contributed by atoms with Crippen LogP contribution in [0, 0.1) is 5.41 Å². The molecule has 8 nitrogen and oxygen atoms in total. The molecule has 0 radical (unpaired) electrons. The standard InChI is InChI=1S/C24H27N3O5S/c1-17(28)19-5-6-20(33-19)23(31)26-11-8-24(9-12-26)10-13-27(16-24)22(30)15-25-21(29)7-4-18-3-2-14-32-18/h2-7,14H,8-13,15-16H2,1H3,(H,25,29). The van der Waals surface area contributed by atoms with Gasteiger partial charge < -0.3 is 19.5 Å². The molecule has 1 N–H and O–H groups in total. The maximum atomic E-state index is 12.8. The Labute approximate surface area is 196 Å². The number of likely N-dealkylation sites (tertiary alicyclic amines) is 2. The Morgan fingerprint density at radius 2 is 1.76 bits per heavy atom. The molecule has 0 unspecified atom stereocenters. The zero-order valence-electron chi connectivity index (χ0n) is 18.5. The van der Waals surface area contributed by atoms with Crippen molar-refractivity contribution in [3.63, 3.8) is 0 Å². The Morgan fingerprint density at radius 1 is 1.06 bits per heavy atom. The molecule has 2 aliphatic heterocycles. The van der Waals surface area contributed by atoms with E-state index >= 15 is 0 Å². The molecule has 0 atom stereocenters. The molecule has 9 heteroatoms. The molecule has 4 heterocycles. The number of ketones is 1. The maximum absolute atomic E-state index is 12.8. The number of Topliss-reactive ketones (excluding diaryl/α,β-unsaturated/α-hetero) is 1. The van der Waals surface area contributed by atoms with Crippen molar-refractivity contribution >= 4 is 40.9 Å². The summed E-state index contributed by atoms with van der Waals surface area (Å²) in [6.45, 7) is 4.06. The molecule has 2 aromatic rings. The van der Waals surface area contributed by atoms with Crippen LogP contribution in [0.2, 0.25) is 0 Å².